The molecular weight excluding hydrogens is 302 g/mol. The molecule has 0 amide bonds. The predicted octanol–water partition coefficient (Wildman–Crippen LogP) is 3.31. The van der Waals surface area contributed by atoms with Crippen molar-refractivity contribution >= 4 is 5.97 Å². The highest BCUT2D eigenvalue weighted by Crippen LogP contribution is 2.14. The van der Waals surface area contributed by atoms with Crippen LogP contribution in [0.2, 0.25) is 0 Å². The number of aliphatic carboxylic acids is 1. The van der Waals surface area contributed by atoms with Crippen LogP contribution in [0.4, 0.5) is 0 Å². The Morgan fingerprint density at radius 3 is 2.29 bits per heavy atom. The largest absolute Gasteiger partial charge is 0.494 e. The maximum atomic E-state index is 10.4. The molecule has 4 heteroatoms. The maximum Gasteiger partial charge on any atom is 0.317 e. The summed E-state index contributed by atoms with van der Waals surface area (Å²) in [5.41, 5.74) is 2.58. The Hall–Kier alpha value is -2.33. The summed E-state index contributed by atoms with van der Waals surface area (Å²) >= 11 is 0. The number of hydrogen-bond donors (Lipinski definition) is 2. The van der Waals surface area contributed by atoms with Crippen molar-refractivity contribution in [3.8, 4) is 5.75 Å². The van der Waals surface area contributed by atoms with E-state index in [0.717, 1.165) is 31.4 Å². The molecule has 2 rings (SSSR count). The standard InChI is InChI=1S/C20H25NO3/c22-20(23)16-21-14-4-8-18-10-12-19(13-11-18)24-15-5-9-17-6-2-1-3-7-17/h1-3,6-7,10-13,21H,4-5,8-9,14-16H2,(H,22,23). The molecule has 0 unspecified atom stereocenters. The van der Waals surface area contributed by atoms with Crippen LogP contribution in [0.5, 0.6) is 5.75 Å². The van der Waals surface area contributed by atoms with Gasteiger partial charge >= 0.3 is 5.97 Å². The predicted molar refractivity (Wildman–Crippen MR) is 95.5 cm³/mol. The summed E-state index contributed by atoms with van der Waals surface area (Å²) < 4.78 is 5.77. The van der Waals surface area contributed by atoms with Crippen LogP contribution in [0.1, 0.15) is 24.0 Å². The molecule has 0 aliphatic carbocycles. The first-order chi connectivity index (χ1) is 11.7. The second kappa shape index (κ2) is 10.4. The number of ether oxygens (including phenoxy) is 1. The molecule has 0 saturated heterocycles. The van der Waals surface area contributed by atoms with Crippen LogP contribution < -0.4 is 10.1 Å². The number of hydrogen-bond acceptors (Lipinski definition) is 3. The smallest absolute Gasteiger partial charge is 0.317 e. The first-order valence-corrected chi connectivity index (χ1v) is 8.42. The monoisotopic (exact) mass is 327 g/mol. The van der Waals surface area contributed by atoms with Gasteiger partial charge in [0, 0.05) is 0 Å². The molecule has 0 radical (unpaired) electrons. The number of carboxylic acids is 1. The third kappa shape index (κ3) is 7.29. The van der Waals surface area contributed by atoms with Gasteiger partial charge in [-0.25, -0.2) is 0 Å². The Morgan fingerprint density at radius 1 is 0.917 bits per heavy atom. The van der Waals surface area contributed by atoms with E-state index in [1.54, 1.807) is 0 Å². The zero-order valence-corrected chi connectivity index (χ0v) is 13.9. The molecule has 2 aromatic carbocycles. The average molecular weight is 327 g/mol. The summed E-state index contributed by atoms with van der Waals surface area (Å²) in [4.78, 5) is 10.4. The summed E-state index contributed by atoms with van der Waals surface area (Å²) in [6.45, 7) is 1.45. The van der Waals surface area contributed by atoms with Crippen LogP contribution in [0.15, 0.2) is 54.6 Å². The van der Waals surface area contributed by atoms with Crippen molar-refractivity contribution in [1.29, 1.82) is 0 Å². The van der Waals surface area contributed by atoms with Gasteiger partial charge in [-0.2, -0.15) is 0 Å². The molecule has 2 aromatic rings. The van der Waals surface area contributed by atoms with Crippen molar-refractivity contribution < 1.29 is 14.6 Å². The fourth-order valence-corrected chi connectivity index (χ4v) is 2.48. The summed E-state index contributed by atoms with van der Waals surface area (Å²) in [5, 5.41) is 11.4. The first kappa shape index (κ1) is 18.0. The van der Waals surface area contributed by atoms with Crippen LogP contribution >= 0.6 is 0 Å². The summed E-state index contributed by atoms with van der Waals surface area (Å²) in [6.07, 6.45) is 3.88. The van der Waals surface area contributed by atoms with Gasteiger partial charge in [0.1, 0.15) is 5.75 Å². The lowest BCUT2D eigenvalue weighted by atomic mass is 10.1. The van der Waals surface area contributed by atoms with Gasteiger partial charge in [0.2, 0.25) is 0 Å². The van der Waals surface area contributed by atoms with Crippen LogP contribution in [-0.2, 0) is 17.6 Å². The molecule has 0 saturated carbocycles. The number of benzene rings is 2. The van der Waals surface area contributed by atoms with Crippen molar-refractivity contribution in [3.63, 3.8) is 0 Å². The fraction of sp³-hybridized carbons (Fsp3) is 0.350. The van der Waals surface area contributed by atoms with Gasteiger partial charge in [0.05, 0.1) is 13.2 Å². The lowest BCUT2D eigenvalue weighted by molar-refractivity contribution is -0.135. The minimum Gasteiger partial charge on any atom is -0.494 e. The van der Waals surface area contributed by atoms with E-state index in [4.69, 9.17) is 9.84 Å². The van der Waals surface area contributed by atoms with Crippen molar-refractivity contribution in [2.75, 3.05) is 19.7 Å². The zero-order chi connectivity index (χ0) is 17.0. The number of carboxylic acid groups (broad SMARTS) is 1. The molecule has 0 aromatic heterocycles. The summed E-state index contributed by atoms with van der Waals surface area (Å²) in [5.74, 6) is 0.0829. The molecule has 0 aliphatic heterocycles. The van der Waals surface area contributed by atoms with Gasteiger partial charge in [-0.1, -0.05) is 42.5 Å². The second-order valence-electron chi connectivity index (χ2n) is 5.76. The normalized spacial score (nSPS) is 10.5. The topological polar surface area (TPSA) is 58.6 Å². The molecule has 0 fully saturated rings. The summed E-state index contributed by atoms with van der Waals surface area (Å²) in [7, 11) is 0. The van der Waals surface area contributed by atoms with Gasteiger partial charge in [-0.3, -0.25) is 4.79 Å². The molecule has 2 N–H and O–H groups in total. The number of carbonyl (C=O) groups is 1. The van der Waals surface area contributed by atoms with E-state index in [1.807, 2.05) is 18.2 Å². The minimum absolute atomic E-state index is 0.0236. The van der Waals surface area contributed by atoms with Gasteiger partial charge in [0.15, 0.2) is 0 Å². The zero-order valence-electron chi connectivity index (χ0n) is 13.9. The molecular formula is C20H25NO3. The Balaban J connectivity index is 1.60. The number of rotatable bonds is 11. The molecule has 0 heterocycles. The van der Waals surface area contributed by atoms with Crippen LogP contribution in [0.3, 0.4) is 0 Å². The van der Waals surface area contributed by atoms with Gasteiger partial charge in [-0.05, 0) is 55.5 Å². The van der Waals surface area contributed by atoms with Crippen molar-refractivity contribution in [2.24, 2.45) is 0 Å². The SMILES string of the molecule is O=C(O)CNCCCc1ccc(OCCCc2ccccc2)cc1. The van der Waals surface area contributed by atoms with E-state index >= 15 is 0 Å². The third-order valence-corrected chi connectivity index (χ3v) is 3.74. The van der Waals surface area contributed by atoms with Crippen molar-refractivity contribution in [2.45, 2.75) is 25.7 Å². The molecule has 0 aliphatic rings. The van der Waals surface area contributed by atoms with E-state index in [2.05, 4.69) is 41.7 Å². The molecule has 0 bridgehead atoms. The Bertz CT molecular complexity index is 596. The van der Waals surface area contributed by atoms with E-state index in [0.29, 0.717) is 13.2 Å². The Labute approximate surface area is 143 Å². The lowest BCUT2D eigenvalue weighted by Crippen LogP contribution is -2.23. The molecule has 0 atom stereocenters. The number of nitrogens with one attached hydrogen (secondary N) is 1. The van der Waals surface area contributed by atoms with Crippen LogP contribution in [0.25, 0.3) is 0 Å². The Morgan fingerprint density at radius 2 is 1.58 bits per heavy atom. The van der Waals surface area contributed by atoms with Crippen LogP contribution in [-0.4, -0.2) is 30.8 Å². The van der Waals surface area contributed by atoms with E-state index in [-0.39, 0.29) is 6.54 Å². The third-order valence-electron chi connectivity index (χ3n) is 3.74. The summed E-state index contributed by atoms with van der Waals surface area (Å²) in [6, 6.07) is 18.6. The Kier molecular flexibility index (Phi) is 7.84. The molecule has 128 valence electrons. The van der Waals surface area contributed by atoms with Gasteiger partial charge < -0.3 is 15.2 Å². The van der Waals surface area contributed by atoms with Crippen molar-refractivity contribution in [3.05, 3.63) is 65.7 Å². The highest BCUT2D eigenvalue weighted by molar-refractivity contribution is 5.68. The first-order valence-electron chi connectivity index (χ1n) is 8.42. The van der Waals surface area contributed by atoms with E-state index in [1.165, 1.54) is 11.1 Å². The van der Waals surface area contributed by atoms with Gasteiger partial charge in [0.25, 0.3) is 0 Å². The number of aryl methyl sites for hydroxylation is 2. The quantitative estimate of drug-likeness (QED) is 0.622. The highest BCUT2D eigenvalue weighted by atomic mass is 16.5. The minimum atomic E-state index is -0.816. The molecule has 0 spiro atoms. The molecule has 24 heavy (non-hydrogen) atoms. The lowest BCUT2D eigenvalue weighted by Gasteiger charge is -2.08. The average Bonchev–Trinajstić information content (AvgIpc) is 2.60. The maximum absolute atomic E-state index is 10.4. The highest BCUT2D eigenvalue weighted by Gasteiger charge is 1.99. The van der Waals surface area contributed by atoms with Crippen LogP contribution in [0, 0.1) is 0 Å². The van der Waals surface area contributed by atoms with Crippen molar-refractivity contribution in [1.82, 2.24) is 5.32 Å². The second-order valence-corrected chi connectivity index (χ2v) is 5.76. The van der Waals surface area contributed by atoms with E-state index < -0.39 is 5.97 Å². The molecule has 4 nitrogen and oxygen atoms in total. The fourth-order valence-electron chi connectivity index (χ4n) is 2.48. The van der Waals surface area contributed by atoms with Gasteiger partial charge in [-0.15, -0.1) is 0 Å². The van der Waals surface area contributed by atoms with E-state index in [9.17, 15) is 4.79 Å².